The van der Waals surface area contributed by atoms with E-state index >= 15 is 0 Å². The normalized spacial score (nSPS) is 68.2. The Bertz CT molecular complexity index is 665. The summed E-state index contributed by atoms with van der Waals surface area (Å²) in [6.07, 6.45) is 9.46. The van der Waals surface area contributed by atoms with Crippen LogP contribution in [0.15, 0.2) is 0 Å². The van der Waals surface area contributed by atoms with E-state index in [1.165, 1.54) is 6.42 Å². The van der Waals surface area contributed by atoms with Crippen molar-refractivity contribution >= 4 is 0 Å². The van der Waals surface area contributed by atoms with Crippen molar-refractivity contribution in [3.63, 3.8) is 0 Å². The average molecular weight is 397 g/mol. The van der Waals surface area contributed by atoms with E-state index in [1.54, 1.807) is 32.1 Å². The van der Waals surface area contributed by atoms with Gasteiger partial charge in [0, 0.05) is 0 Å². The Morgan fingerprint density at radius 2 is 1.17 bits per heavy atom. The van der Waals surface area contributed by atoms with Crippen LogP contribution in [0.4, 0.5) is 0 Å². The van der Waals surface area contributed by atoms with Gasteiger partial charge in [0.15, 0.2) is 0 Å². The van der Waals surface area contributed by atoms with Crippen LogP contribution in [0.3, 0.4) is 0 Å². The maximum atomic E-state index is 2.79. The second-order valence-electron chi connectivity index (χ2n) is 13.9. The van der Waals surface area contributed by atoms with Crippen LogP contribution in [-0.2, 0) is 0 Å². The summed E-state index contributed by atoms with van der Waals surface area (Å²) in [5.74, 6) is 15.3. The SMILES string of the molecule is CC1CCC2CCC3CC4CC(C)C(C)C5(C)C(C)C(C)C6C(C)C1C2C3C6C45. The van der Waals surface area contributed by atoms with Crippen LogP contribution in [-0.4, -0.2) is 0 Å². The maximum absolute atomic E-state index is 2.79. The van der Waals surface area contributed by atoms with Crippen LogP contribution in [0.2, 0.25) is 0 Å². The number of hydrogen-bond donors (Lipinski definition) is 0. The van der Waals surface area contributed by atoms with Crippen LogP contribution in [0, 0.1) is 94.2 Å². The topological polar surface area (TPSA) is 0 Å². The second kappa shape index (κ2) is 6.28. The molecule has 0 nitrogen and oxygen atoms in total. The molecule has 0 aliphatic heterocycles. The minimum absolute atomic E-state index is 0.591. The molecule has 0 spiro atoms. The molecule has 0 amide bonds. The molecule has 6 rings (SSSR count). The van der Waals surface area contributed by atoms with Gasteiger partial charge in [0.05, 0.1) is 0 Å². The van der Waals surface area contributed by atoms with Crippen molar-refractivity contribution in [2.24, 2.45) is 94.2 Å². The van der Waals surface area contributed by atoms with Crippen molar-refractivity contribution in [2.75, 3.05) is 0 Å². The zero-order valence-corrected chi connectivity index (χ0v) is 20.4. The Balaban J connectivity index is 1.52. The highest BCUT2D eigenvalue weighted by Gasteiger charge is 2.70. The minimum atomic E-state index is 0.591. The van der Waals surface area contributed by atoms with Gasteiger partial charge in [0.1, 0.15) is 0 Å². The van der Waals surface area contributed by atoms with Gasteiger partial charge >= 0.3 is 0 Å². The van der Waals surface area contributed by atoms with E-state index in [1.807, 2.05) is 0 Å². The molecule has 0 heterocycles. The van der Waals surface area contributed by atoms with E-state index in [0.29, 0.717) is 5.41 Å². The standard InChI is InChI=1S/C29H48/c1-14-8-9-20-10-11-21-13-22-12-15(2)18(5)29(7)19(6)16(3)24-17(4)23(14)25(20)26(21)27(24)28(22)29/h14-28H,8-13H2,1-7H3. The zero-order chi connectivity index (χ0) is 20.4. The Labute approximate surface area is 181 Å². The molecule has 6 aliphatic rings. The van der Waals surface area contributed by atoms with Crippen molar-refractivity contribution < 1.29 is 0 Å². The predicted molar refractivity (Wildman–Crippen MR) is 122 cm³/mol. The number of hydrogen-bond acceptors (Lipinski definition) is 0. The zero-order valence-electron chi connectivity index (χ0n) is 20.4. The molecule has 6 fully saturated rings. The molecule has 0 bridgehead atoms. The maximum Gasteiger partial charge on any atom is -0.0236 e. The van der Waals surface area contributed by atoms with E-state index in [4.69, 9.17) is 0 Å². The average Bonchev–Trinajstić information content (AvgIpc) is 2.69. The van der Waals surface area contributed by atoms with Crippen LogP contribution in [0.1, 0.15) is 87.0 Å². The molecule has 16 atom stereocenters. The molecule has 0 aromatic carbocycles. The number of rotatable bonds is 0. The lowest BCUT2D eigenvalue weighted by atomic mass is 9.30. The van der Waals surface area contributed by atoms with Crippen LogP contribution < -0.4 is 0 Å². The molecule has 29 heavy (non-hydrogen) atoms. The fourth-order valence-electron chi connectivity index (χ4n) is 12.5. The highest BCUT2D eigenvalue weighted by molar-refractivity contribution is 5.17. The van der Waals surface area contributed by atoms with Gasteiger partial charge in [0.2, 0.25) is 0 Å². The van der Waals surface area contributed by atoms with Gasteiger partial charge in [-0.1, -0.05) is 54.9 Å². The molecular weight excluding hydrogens is 348 g/mol. The van der Waals surface area contributed by atoms with E-state index in [2.05, 4.69) is 48.5 Å². The summed E-state index contributed by atoms with van der Waals surface area (Å²) in [4.78, 5) is 0. The van der Waals surface area contributed by atoms with Crippen molar-refractivity contribution in [3.05, 3.63) is 0 Å². The molecular formula is C29H48. The molecule has 0 saturated heterocycles. The third kappa shape index (κ3) is 2.24. The van der Waals surface area contributed by atoms with Gasteiger partial charge in [-0.2, -0.15) is 0 Å². The molecule has 0 radical (unpaired) electrons. The van der Waals surface area contributed by atoms with E-state index < -0.39 is 0 Å². The molecule has 0 aromatic heterocycles. The first-order valence-corrected chi connectivity index (χ1v) is 13.8. The highest BCUT2D eigenvalue weighted by Crippen LogP contribution is 2.75. The van der Waals surface area contributed by atoms with Crippen LogP contribution in [0.5, 0.6) is 0 Å². The Kier molecular flexibility index (Phi) is 4.26. The Hall–Kier alpha value is 0. The Morgan fingerprint density at radius 1 is 0.517 bits per heavy atom. The summed E-state index contributed by atoms with van der Waals surface area (Å²) in [6.45, 7) is 18.9. The molecule has 0 N–H and O–H groups in total. The minimum Gasteiger partial charge on any atom is -0.0622 e. The summed E-state index contributed by atoms with van der Waals surface area (Å²) in [7, 11) is 0. The largest absolute Gasteiger partial charge is 0.0622 e. The molecule has 6 saturated carbocycles. The predicted octanol–water partition coefficient (Wildman–Crippen LogP) is 7.78. The lowest BCUT2D eigenvalue weighted by Crippen LogP contribution is -2.69. The van der Waals surface area contributed by atoms with Crippen LogP contribution in [0.25, 0.3) is 0 Å². The Morgan fingerprint density at radius 3 is 1.93 bits per heavy atom. The second-order valence-corrected chi connectivity index (χ2v) is 13.9. The van der Waals surface area contributed by atoms with Gasteiger partial charge < -0.3 is 0 Å². The smallest absolute Gasteiger partial charge is 0.0236 e. The first-order valence-electron chi connectivity index (χ1n) is 13.8. The van der Waals surface area contributed by atoms with E-state index in [0.717, 1.165) is 88.8 Å². The first kappa shape index (κ1) is 19.7. The van der Waals surface area contributed by atoms with Crippen molar-refractivity contribution in [3.8, 4) is 0 Å². The third-order valence-corrected chi connectivity index (χ3v) is 13.8. The first-order chi connectivity index (χ1) is 13.8. The fourth-order valence-corrected chi connectivity index (χ4v) is 12.5. The third-order valence-electron chi connectivity index (χ3n) is 13.8. The highest BCUT2D eigenvalue weighted by atomic mass is 14.7. The summed E-state index contributed by atoms with van der Waals surface area (Å²) in [6, 6.07) is 0. The van der Waals surface area contributed by atoms with Crippen molar-refractivity contribution in [1.29, 1.82) is 0 Å². The lowest BCUT2D eigenvalue weighted by Gasteiger charge is -2.74. The van der Waals surface area contributed by atoms with E-state index in [9.17, 15) is 0 Å². The van der Waals surface area contributed by atoms with Crippen LogP contribution >= 0.6 is 0 Å². The fraction of sp³-hybridized carbons (Fsp3) is 1.00. The molecule has 16 unspecified atom stereocenters. The summed E-state index contributed by atoms with van der Waals surface area (Å²) in [5, 5.41) is 0. The summed E-state index contributed by atoms with van der Waals surface area (Å²) < 4.78 is 0. The van der Waals surface area contributed by atoms with E-state index in [-0.39, 0.29) is 0 Å². The molecule has 6 aliphatic carbocycles. The van der Waals surface area contributed by atoms with Gasteiger partial charge in [0.25, 0.3) is 0 Å². The van der Waals surface area contributed by atoms with Gasteiger partial charge in [-0.05, 0) is 126 Å². The van der Waals surface area contributed by atoms with Crippen molar-refractivity contribution in [2.45, 2.75) is 87.0 Å². The van der Waals surface area contributed by atoms with Gasteiger partial charge in [-0.3, -0.25) is 0 Å². The summed E-state index contributed by atoms with van der Waals surface area (Å²) in [5.41, 5.74) is 0.591. The van der Waals surface area contributed by atoms with Crippen molar-refractivity contribution in [1.82, 2.24) is 0 Å². The summed E-state index contributed by atoms with van der Waals surface area (Å²) >= 11 is 0. The monoisotopic (exact) mass is 396 g/mol. The lowest BCUT2D eigenvalue weighted by molar-refractivity contribution is -0.268. The van der Waals surface area contributed by atoms with Gasteiger partial charge in [-0.15, -0.1) is 0 Å². The molecule has 0 aromatic rings. The van der Waals surface area contributed by atoms with Gasteiger partial charge in [-0.25, -0.2) is 0 Å². The quantitative estimate of drug-likeness (QED) is 0.392. The molecule has 0 heteroatoms. The molecule has 164 valence electrons.